The molecule has 1 atom stereocenters. The van der Waals surface area contributed by atoms with E-state index >= 15 is 0 Å². The summed E-state index contributed by atoms with van der Waals surface area (Å²) in [4.78, 5) is 0. The van der Waals surface area contributed by atoms with Crippen LogP contribution in [0, 0.1) is 12.8 Å². The summed E-state index contributed by atoms with van der Waals surface area (Å²) in [5.41, 5.74) is 2.88. The van der Waals surface area contributed by atoms with Crippen molar-refractivity contribution in [2.24, 2.45) is 5.92 Å². The van der Waals surface area contributed by atoms with Gasteiger partial charge in [-0.1, -0.05) is 43.2 Å². The highest BCUT2D eigenvalue weighted by atomic mass is 14.9. The van der Waals surface area contributed by atoms with Gasteiger partial charge in [0, 0.05) is 6.04 Å². The van der Waals surface area contributed by atoms with Gasteiger partial charge in [0.15, 0.2) is 0 Å². The van der Waals surface area contributed by atoms with Gasteiger partial charge < -0.3 is 5.32 Å². The summed E-state index contributed by atoms with van der Waals surface area (Å²) >= 11 is 0. The van der Waals surface area contributed by atoms with E-state index in [1.807, 2.05) is 0 Å². The summed E-state index contributed by atoms with van der Waals surface area (Å²) < 4.78 is 0. The Morgan fingerprint density at radius 1 is 1.33 bits per heavy atom. The van der Waals surface area contributed by atoms with Gasteiger partial charge in [-0.25, -0.2) is 0 Å². The fraction of sp³-hybridized carbons (Fsp3) is 0.647. The topological polar surface area (TPSA) is 12.0 Å². The Balaban J connectivity index is 1.84. The third-order valence-electron chi connectivity index (χ3n) is 4.20. The summed E-state index contributed by atoms with van der Waals surface area (Å²) in [7, 11) is 0. The number of rotatable bonds is 7. The maximum absolute atomic E-state index is 3.76. The van der Waals surface area contributed by atoms with Crippen molar-refractivity contribution in [3.05, 3.63) is 35.4 Å². The van der Waals surface area contributed by atoms with Crippen molar-refractivity contribution in [1.29, 1.82) is 0 Å². The normalized spacial score (nSPS) is 17.4. The van der Waals surface area contributed by atoms with Crippen LogP contribution >= 0.6 is 0 Å². The van der Waals surface area contributed by atoms with Crippen LogP contribution in [0.15, 0.2) is 24.3 Å². The predicted molar refractivity (Wildman–Crippen MR) is 78.9 cm³/mol. The molecule has 1 aliphatic carbocycles. The van der Waals surface area contributed by atoms with Crippen LogP contribution in [0.5, 0.6) is 0 Å². The molecule has 0 radical (unpaired) electrons. The summed E-state index contributed by atoms with van der Waals surface area (Å²) in [6.07, 6.45) is 8.09. The second-order valence-corrected chi connectivity index (χ2v) is 5.78. The van der Waals surface area contributed by atoms with Crippen molar-refractivity contribution < 1.29 is 0 Å². The molecule has 1 saturated carbocycles. The Bertz CT molecular complexity index is 354. The van der Waals surface area contributed by atoms with E-state index in [4.69, 9.17) is 0 Å². The zero-order valence-electron chi connectivity index (χ0n) is 11.9. The van der Waals surface area contributed by atoms with Crippen LogP contribution in [0.1, 0.15) is 50.2 Å². The molecule has 1 unspecified atom stereocenters. The molecule has 1 heteroatoms. The third-order valence-corrected chi connectivity index (χ3v) is 4.20. The largest absolute Gasteiger partial charge is 0.314 e. The van der Waals surface area contributed by atoms with Crippen LogP contribution in [0.4, 0.5) is 0 Å². The van der Waals surface area contributed by atoms with E-state index in [1.165, 1.54) is 56.2 Å². The summed E-state index contributed by atoms with van der Waals surface area (Å²) in [6, 6.07) is 9.71. The van der Waals surface area contributed by atoms with Crippen LogP contribution in [0.25, 0.3) is 0 Å². The number of hydrogen-bond acceptors (Lipinski definition) is 1. The number of nitrogens with one attached hydrogen (secondary N) is 1. The minimum atomic E-state index is 0.749. The van der Waals surface area contributed by atoms with Crippen LogP contribution in [-0.2, 0) is 6.42 Å². The van der Waals surface area contributed by atoms with Gasteiger partial charge in [0.1, 0.15) is 0 Å². The van der Waals surface area contributed by atoms with E-state index in [0.29, 0.717) is 0 Å². The van der Waals surface area contributed by atoms with Gasteiger partial charge in [-0.15, -0.1) is 0 Å². The molecule has 0 spiro atoms. The molecule has 2 rings (SSSR count). The Morgan fingerprint density at radius 2 is 2.17 bits per heavy atom. The van der Waals surface area contributed by atoms with Crippen molar-refractivity contribution in [3.8, 4) is 0 Å². The molecule has 100 valence electrons. The molecule has 18 heavy (non-hydrogen) atoms. The average molecular weight is 245 g/mol. The van der Waals surface area contributed by atoms with Crippen molar-refractivity contribution in [3.63, 3.8) is 0 Å². The van der Waals surface area contributed by atoms with E-state index in [9.17, 15) is 0 Å². The molecular formula is C17H27N. The van der Waals surface area contributed by atoms with E-state index in [1.54, 1.807) is 0 Å². The maximum atomic E-state index is 3.76. The number of hydrogen-bond donors (Lipinski definition) is 1. The van der Waals surface area contributed by atoms with Crippen molar-refractivity contribution in [2.75, 3.05) is 6.54 Å². The Labute approximate surface area is 112 Å². The highest BCUT2D eigenvalue weighted by Gasteiger charge is 2.26. The zero-order chi connectivity index (χ0) is 12.8. The second kappa shape index (κ2) is 6.94. The van der Waals surface area contributed by atoms with Crippen LogP contribution in [-0.4, -0.2) is 12.6 Å². The molecule has 0 saturated heterocycles. The molecule has 1 aromatic carbocycles. The van der Waals surface area contributed by atoms with Gasteiger partial charge in [0.2, 0.25) is 0 Å². The molecule has 1 aliphatic rings. The lowest BCUT2D eigenvalue weighted by Gasteiger charge is -2.34. The standard InChI is InChI=1S/C17H27N/c1-3-12-18-17(16-8-5-9-16)11-10-15-7-4-6-14(2)13-15/h4,6-7,13,16-18H,3,5,8-12H2,1-2H3. The zero-order valence-corrected chi connectivity index (χ0v) is 11.9. The van der Waals surface area contributed by atoms with Gasteiger partial charge in [0.25, 0.3) is 0 Å². The molecule has 0 heterocycles. The fourth-order valence-corrected chi connectivity index (χ4v) is 2.87. The van der Waals surface area contributed by atoms with Crippen LogP contribution < -0.4 is 5.32 Å². The first-order valence-electron chi connectivity index (χ1n) is 7.58. The molecule has 0 aliphatic heterocycles. The third kappa shape index (κ3) is 3.84. The molecule has 1 nitrogen and oxygen atoms in total. The lowest BCUT2D eigenvalue weighted by molar-refractivity contribution is 0.220. The van der Waals surface area contributed by atoms with Crippen molar-refractivity contribution in [2.45, 2.75) is 58.4 Å². The molecular weight excluding hydrogens is 218 g/mol. The number of aryl methyl sites for hydroxylation is 2. The molecule has 1 fully saturated rings. The predicted octanol–water partition coefficient (Wildman–Crippen LogP) is 4.10. The lowest BCUT2D eigenvalue weighted by atomic mass is 9.77. The fourth-order valence-electron chi connectivity index (χ4n) is 2.87. The smallest absolute Gasteiger partial charge is 0.00984 e. The molecule has 1 aromatic rings. The van der Waals surface area contributed by atoms with E-state index < -0.39 is 0 Å². The Morgan fingerprint density at radius 3 is 2.78 bits per heavy atom. The maximum Gasteiger partial charge on any atom is 0.00984 e. The van der Waals surface area contributed by atoms with Gasteiger partial charge in [-0.05, 0) is 57.1 Å². The van der Waals surface area contributed by atoms with Gasteiger partial charge >= 0.3 is 0 Å². The minimum Gasteiger partial charge on any atom is -0.314 e. The van der Waals surface area contributed by atoms with E-state index in [-0.39, 0.29) is 0 Å². The summed E-state index contributed by atoms with van der Waals surface area (Å²) in [5.74, 6) is 0.946. The monoisotopic (exact) mass is 245 g/mol. The van der Waals surface area contributed by atoms with Crippen LogP contribution in [0.2, 0.25) is 0 Å². The van der Waals surface area contributed by atoms with Crippen LogP contribution in [0.3, 0.4) is 0 Å². The summed E-state index contributed by atoms with van der Waals surface area (Å²) in [5, 5.41) is 3.76. The lowest BCUT2D eigenvalue weighted by Crippen LogP contribution is -2.40. The van der Waals surface area contributed by atoms with Gasteiger partial charge in [-0.2, -0.15) is 0 Å². The molecule has 0 amide bonds. The first-order valence-corrected chi connectivity index (χ1v) is 7.58. The average Bonchev–Trinajstić information content (AvgIpc) is 2.30. The Hall–Kier alpha value is -0.820. The number of benzene rings is 1. The van der Waals surface area contributed by atoms with E-state index in [2.05, 4.69) is 43.4 Å². The van der Waals surface area contributed by atoms with Crippen molar-refractivity contribution >= 4 is 0 Å². The Kier molecular flexibility index (Phi) is 5.25. The second-order valence-electron chi connectivity index (χ2n) is 5.78. The van der Waals surface area contributed by atoms with Gasteiger partial charge in [0.05, 0.1) is 0 Å². The molecule has 0 aromatic heterocycles. The minimum absolute atomic E-state index is 0.749. The highest BCUT2D eigenvalue weighted by molar-refractivity contribution is 5.22. The first kappa shape index (κ1) is 13.6. The van der Waals surface area contributed by atoms with Crippen molar-refractivity contribution in [1.82, 2.24) is 5.32 Å². The quantitative estimate of drug-likeness (QED) is 0.762. The SMILES string of the molecule is CCCNC(CCc1cccc(C)c1)C1CCC1. The highest BCUT2D eigenvalue weighted by Crippen LogP contribution is 2.31. The first-order chi connectivity index (χ1) is 8.79. The molecule has 0 bridgehead atoms. The molecule has 1 N–H and O–H groups in total. The van der Waals surface area contributed by atoms with E-state index in [0.717, 1.165) is 12.0 Å². The van der Waals surface area contributed by atoms with Gasteiger partial charge in [-0.3, -0.25) is 0 Å². The summed E-state index contributed by atoms with van der Waals surface area (Å²) in [6.45, 7) is 5.61.